The minimum Gasteiger partial charge on any atom is -0.455 e. The maximum absolute atomic E-state index is 13.5. The predicted octanol–water partition coefficient (Wildman–Crippen LogP) is 3.04. The summed E-state index contributed by atoms with van der Waals surface area (Å²) in [6.45, 7) is 1.53. The Bertz CT molecular complexity index is 624. The molecule has 1 heterocycles. The molecule has 22 heavy (non-hydrogen) atoms. The van der Waals surface area contributed by atoms with Crippen LogP contribution < -0.4 is 10.1 Å². The lowest BCUT2D eigenvalue weighted by Crippen LogP contribution is -2.50. The van der Waals surface area contributed by atoms with E-state index >= 15 is 0 Å². The minimum absolute atomic E-state index is 0.0319. The van der Waals surface area contributed by atoms with Gasteiger partial charge in [0.25, 0.3) is 0 Å². The van der Waals surface area contributed by atoms with Crippen molar-refractivity contribution in [3.63, 3.8) is 0 Å². The van der Waals surface area contributed by atoms with E-state index in [2.05, 4.69) is 5.32 Å². The molecule has 2 N–H and O–H groups in total. The van der Waals surface area contributed by atoms with Crippen molar-refractivity contribution in [3.05, 3.63) is 54.3 Å². The molecule has 5 heteroatoms. The maximum Gasteiger partial charge on any atom is 0.150 e. The van der Waals surface area contributed by atoms with Crippen LogP contribution in [0.5, 0.6) is 11.5 Å². The quantitative estimate of drug-likeness (QED) is 0.861. The van der Waals surface area contributed by atoms with Crippen molar-refractivity contribution in [2.45, 2.75) is 0 Å². The summed E-state index contributed by atoms with van der Waals surface area (Å²) in [5.74, 6) is 0.882. The Morgan fingerprint density at radius 3 is 2.59 bits per heavy atom. The number of hydrogen-bond acceptors (Lipinski definition) is 4. The lowest BCUT2D eigenvalue weighted by atomic mass is 9.87. The highest BCUT2D eigenvalue weighted by Gasteiger charge is 2.38. The molecule has 3 rings (SSSR count). The van der Waals surface area contributed by atoms with E-state index in [-0.39, 0.29) is 17.8 Å². The van der Waals surface area contributed by atoms with Crippen molar-refractivity contribution < 1.29 is 19.0 Å². The summed E-state index contributed by atoms with van der Waals surface area (Å²) < 4.78 is 24.5. The largest absolute Gasteiger partial charge is 0.455 e. The Hall–Kier alpha value is -2.11. The third-order valence-electron chi connectivity index (χ3n) is 3.72. The SMILES string of the molecule is OCC1(CNc2cc(F)ccc2Oc2ccccc2)COC1. The Balaban J connectivity index is 1.76. The highest BCUT2D eigenvalue weighted by Crippen LogP contribution is 2.33. The summed E-state index contributed by atoms with van der Waals surface area (Å²) in [4.78, 5) is 0. The van der Waals surface area contributed by atoms with Crippen LogP contribution in [-0.4, -0.2) is 31.5 Å². The molecule has 0 aliphatic carbocycles. The van der Waals surface area contributed by atoms with Crippen molar-refractivity contribution >= 4 is 5.69 Å². The Labute approximate surface area is 128 Å². The Kier molecular flexibility index (Phi) is 4.27. The predicted molar refractivity (Wildman–Crippen MR) is 81.7 cm³/mol. The highest BCUT2D eigenvalue weighted by atomic mass is 19.1. The van der Waals surface area contributed by atoms with Gasteiger partial charge in [0.15, 0.2) is 5.75 Å². The number of para-hydroxylation sites is 1. The standard InChI is InChI=1S/C17H18FNO3/c18-13-6-7-16(22-14-4-2-1-3-5-14)15(8-13)19-9-17(10-20)11-21-12-17/h1-8,19-20H,9-12H2. The molecule has 1 aliphatic rings. The van der Waals surface area contributed by atoms with Crippen LogP contribution in [-0.2, 0) is 4.74 Å². The smallest absolute Gasteiger partial charge is 0.150 e. The molecule has 1 aliphatic heterocycles. The van der Waals surface area contributed by atoms with Crippen molar-refractivity contribution in [1.29, 1.82) is 0 Å². The number of benzene rings is 2. The first-order valence-corrected chi connectivity index (χ1v) is 7.16. The summed E-state index contributed by atoms with van der Waals surface area (Å²) >= 11 is 0. The van der Waals surface area contributed by atoms with Crippen molar-refractivity contribution in [3.8, 4) is 11.5 Å². The second-order valence-corrected chi connectivity index (χ2v) is 5.56. The number of ether oxygens (including phenoxy) is 2. The molecule has 0 amide bonds. The molecule has 2 aromatic rings. The average Bonchev–Trinajstić information content (AvgIpc) is 2.50. The average molecular weight is 303 g/mol. The monoisotopic (exact) mass is 303 g/mol. The van der Waals surface area contributed by atoms with E-state index in [0.717, 1.165) is 0 Å². The van der Waals surface area contributed by atoms with Crippen molar-refractivity contribution in [2.75, 3.05) is 31.7 Å². The van der Waals surface area contributed by atoms with Gasteiger partial charge in [-0.1, -0.05) is 18.2 Å². The van der Waals surface area contributed by atoms with Crippen LogP contribution in [0.2, 0.25) is 0 Å². The van der Waals surface area contributed by atoms with E-state index in [1.54, 1.807) is 6.07 Å². The zero-order valence-corrected chi connectivity index (χ0v) is 12.1. The first kappa shape index (κ1) is 14.8. The molecule has 0 bridgehead atoms. The van der Waals surface area contributed by atoms with Crippen LogP contribution >= 0.6 is 0 Å². The lowest BCUT2D eigenvalue weighted by molar-refractivity contribution is -0.128. The van der Waals surface area contributed by atoms with Crippen molar-refractivity contribution in [1.82, 2.24) is 0 Å². The zero-order valence-electron chi connectivity index (χ0n) is 12.1. The number of rotatable bonds is 6. The number of aliphatic hydroxyl groups excluding tert-OH is 1. The molecule has 0 unspecified atom stereocenters. The first-order valence-electron chi connectivity index (χ1n) is 7.16. The van der Waals surface area contributed by atoms with Gasteiger partial charge in [0.2, 0.25) is 0 Å². The molecule has 0 aromatic heterocycles. The van der Waals surface area contributed by atoms with Crippen LogP contribution in [0.25, 0.3) is 0 Å². The molecular weight excluding hydrogens is 285 g/mol. The topological polar surface area (TPSA) is 50.7 Å². The van der Waals surface area contributed by atoms with Crippen LogP contribution in [0, 0.1) is 11.2 Å². The molecule has 0 radical (unpaired) electrons. The van der Waals surface area contributed by atoms with Gasteiger partial charge < -0.3 is 19.9 Å². The maximum atomic E-state index is 13.5. The fraction of sp³-hybridized carbons (Fsp3) is 0.294. The Morgan fingerprint density at radius 2 is 1.95 bits per heavy atom. The normalized spacial score (nSPS) is 15.9. The first-order chi connectivity index (χ1) is 10.7. The third kappa shape index (κ3) is 3.21. The van der Waals surface area contributed by atoms with Gasteiger partial charge in [-0.05, 0) is 24.3 Å². The molecule has 1 saturated heterocycles. The molecule has 0 atom stereocenters. The summed E-state index contributed by atoms with van der Waals surface area (Å²) in [6.07, 6.45) is 0. The highest BCUT2D eigenvalue weighted by molar-refractivity contribution is 5.58. The van der Waals surface area contributed by atoms with Gasteiger partial charge in [-0.25, -0.2) is 4.39 Å². The van der Waals surface area contributed by atoms with Gasteiger partial charge in [0.1, 0.15) is 11.6 Å². The van der Waals surface area contributed by atoms with Gasteiger partial charge in [-0.2, -0.15) is 0 Å². The Morgan fingerprint density at radius 1 is 1.18 bits per heavy atom. The second-order valence-electron chi connectivity index (χ2n) is 5.56. The van der Waals surface area contributed by atoms with Gasteiger partial charge >= 0.3 is 0 Å². The number of hydrogen-bond donors (Lipinski definition) is 2. The van der Waals surface area contributed by atoms with Gasteiger partial charge in [-0.15, -0.1) is 0 Å². The van der Waals surface area contributed by atoms with Gasteiger partial charge in [-0.3, -0.25) is 0 Å². The lowest BCUT2D eigenvalue weighted by Gasteiger charge is -2.40. The van der Waals surface area contributed by atoms with E-state index in [9.17, 15) is 9.50 Å². The minimum atomic E-state index is -0.342. The van der Waals surface area contributed by atoms with Crippen LogP contribution in [0.3, 0.4) is 0 Å². The summed E-state index contributed by atoms with van der Waals surface area (Å²) in [5, 5.41) is 12.6. The van der Waals surface area contributed by atoms with E-state index in [1.165, 1.54) is 12.1 Å². The number of nitrogens with one attached hydrogen (secondary N) is 1. The summed E-state index contributed by atoms with van der Waals surface area (Å²) in [5.41, 5.74) is 0.264. The van der Waals surface area contributed by atoms with Crippen LogP contribution in [0.1, 0.15) is 0 Å². The molecule has 1 fully saturated rings. The second kappa shape index (κ2) is 6.34. The van der Waals surface area contributed by atoms with Gasteiger partial charge in [0.05, 0.1) is 30.9 Å². The van der Waals surface area contributed by atoms with Gasteiger partial charge in [0, 0.05) is 12.6 Å². The molecule has 116 valence electrons. The van der Waals surface area contributed by atoms with E-state index in [1.807, 2.05) is 30.3 Å². The van der Waals surface area contributed by atoms with E-state index < -0.39 is 0 Å². The molecule has 0 spiro atoms. The molecule has 4 nitrogen and oxygen atoms in total. The van der Waals surface area contributed by atoms with Crippen molar-refractivity contribution in [2.24, 2.45) is 5.41 Å². The van der Waals surface area contributed by atoms with Crippen LogP contribution in [0.4, 0.5) is 10.1 Å². The third-order valence-corrected chi connectivity index (χ3v) is 3.72. The molecule has 2 aromatic carbocycles. The van der Waals surface area contributed by atoms with E-state index in [4.69, 9.17) is 9.47 Å². The molecular formula is C17H18FNO3. The fourth-order valence-electron chi connectivity index (χ4n) is 2.27. The number of halogens is 1. The number of anilines is 1. The zero-order chi connectivity index (χ0) is 15.4. The van der Waals surface area contributed by atoms with Crippen LogP contribution in [0.15, 0.2) is 48.5 Å². The summed E-state index contributed by atoms with van der Waals surface area (Å²) in [7, 11) is 0. The molecule has 0 saturated carbocycles. The van der Waals surface area contributed by atoms with E-state index in [0.29, 0.717) is 36.9 Å². The summed E-state index contributed by atoms with van der Waals surface area (Å²) in [6, 6.07) is 13.7. The number of aliphatic hydroxyl groups is 1. The fourth-order valence-corrected chi connectivity index (χ4v) is 2.27.